The molecule has 0 saturated heterocycles. The van der Waals surface area contributed by atoms with Crippen molar-refractivity contribution in [2.24, 2.45) is 0 Å². The van der Waals surface area contributed by atoms with Crippen LogP contribution >= 0.6 is 34.5 Å². The molecular formula is C13H9Cl2N3O3S2. The fourth-order valence-electron chi connectivity index (χ4n) is 1.75. The van der Waals surface area contributed by atoms with Crippen LogP contribution < -0.4 is 4.72 Å². The Morgan fingerprint density at radius 2 is 2.09 bits per heavy atom. The molecule has 0 amide bonds. The molecule has 0 saturated carbocycles. The van der Waals surface area contributed by atoms with Gasteiger partial charge in [0.25, 0.3) is 0 Å². The van der Waals surface area contributed by atoms with Crippen LogP contribution in [0.25, 0.3) is 10.7 Å². The molecule has 0 atom stereocenters. The minimum absolute atomic E-state index is 0.0757. The molecule has 0 radical (unpaired) electrons. The normalized spacial score (nSPS) is 11.7. The largest absolute Gasteiger partial charge is 0.337 e. The second-order valence-corrected chi connectivity index (χ2v) is 7.92. The third-order valence-electron chi connectivity index (χ3n) is 2.81. The Morgan fingerprint density at radius 1 is 1.26 bits per heavy atom. The van der Waals surface area contributed by atoms with Gasteiger partial charge in [0, 0.05) is 5.02 Å². The number of nitrogens with one attached hydrogen (secondary N) is 1. The molecule has 3 aromatic rings. The number of rotatable bonds is 5. The monoisotopic (exact) mass is 389 g/mol. The smallest absolute Gasteiger partial charge is 0.242 e. The summed E-state index contributed by atoms with van der Waals surface area (Å²) in [6.45, 7) is -0.149. The highest BCUT2D eigenvalue weighted by Crippen LogP contribution is 2.25. The van der Waals surface area contributed by atoms with Gasteiger partial charge in [0.1, 0.15) is 4.90 Å². The number of hydrogen-bond acceptors (Lipinski definition) is 6. The molecule has 2 aromatic heterocycles. The number of benzene rings is 1. The Kier molecular flexibility index (Phi) is 4.69. The van der Waals surface area contributed by atoms with Crippen molar-refractivity contribution in [2.45, 2.75) is 11.4 Å². The summed E-state index contributed by atoms with van der Waals surface area (Å²) in [6, 6.07) is 7.90. The summed E-state index contributed by atoms with van der Waals surface area (Å²) >= 11 is 13.2. The quantitative estimate of drug-likeness (QED) is 0.720. The van der Waals surface area contributed by atoms with Gasteiger partial charge in [0.05, 0.1) is 16.4 Å². The van der Waals surface area contributed by atoms with Gasteiger partial charge in [-0.3, -0.25) is 0 Å². The summed E-state index contributed by atoms with van der Waals surface area (Å²) in [5.74, 6) is 0.560. The number of nitrogens with zero attached hydrogens (tertiary/aromatic N) is 2. The first-order chi connectivity index (χ1) is 11.0. The lowest BCUT2D eigenvalue weighted by atomic mass is 10.4. The van der Waals surface area contributed by atoms with Crippen molar-refractivity contribution in [3.63, 3.8) is 0 Å². The zero-order valence-electron chi connectivity index (χ0n) is 11.4. The van der Waals surface area contributed by atoms with E-state index in [0.29, 0.717) is 5.82 Å². The summed E-state index contributed by atoms with van der Waals surface area (Å²) < 4.78 is 31.9. The van der Waals surface area contributed by atoms with Crippen molar-refractivity contribution in [1.82, 2.24) is 14.9 Å². The average molecular weight is 390 g/mol. The molecular weight excluding hydrogens is 381 g/mol. The molecule has 2 heterocycles. The lowest BCUT2D eigenvalue weighted by molar-refractivity contribution is 0.376. The van der Waals surface area contributed by atoms with Crippen molar-refractivity contribution in [1.29, 1.82) is 0 Å². The highest BCUT2D eigenvalue weighted by molar-refractivity contribution is 7.89. The second-order valence-electron chi connectivity index (χ2n) is 4.39. The maximum atomic E-state index is 12.3. The van der Waals surface area contributed by atoms with Crippen LogP contribution in [0.5, 0.6) is 0 Å². The lowest BCUT2D eigenvalue weighted by Gasteiger charge is -2.06. The third kappa shape index (κ3) is 3.73. The van der Waals surface area contributed by atoms with Gasteiger partial charge in [-0.05, 0) is 29.6 Å². The predicted octanol–water partition coefficient (Wildman–Crippen LogP) is 3.58. The van der Waals surface area contributed by atoms with Crippen molar-refractivity contribution in [3.05, 3.63) is 51.6 Å². The van der Waals surface area contributed by atoms with Gasteiger partial charge in [-0.1, -0.05) is 34.4 Å². The highest BCUT2D eigenvalue weighted by atomic mass is 35.5. The minimum atomic E-state index is -3.85. The van der Waals surface area contributed by atoms with Gasteiger partial charge >= 0.3 is 0 Å². The maximum Gasteiger partial charge on any atom is 0.242 e. The highest BCUT2D eigenvalue weighted by Gasteiger charge is 2.20. The second kappa shape index (κ2) is 6.58. The number of aromatic nitrogens is 2. The first-order valence-electron chi connectivity index (χ1n) is 6.27. The molecule has 0 fully saturated rings. The zero-order valence-corrected chi connectivity index (χ0v) is 14.5. The molecule has 120 valence electrons. The number of halogens is 2. The van der Waals surface area contributed by atoms with Crippen molar-refractivity contribution < 1.29 is 12.9 Å². The Morgan fingerprint density at radius 3 is 2.83 bits per heavy atom. The summed E-state index contributed by atoms with van der Waals surface area (Å²) in [5.41, 5.74) is 0. The molecule has 0 aliphatic heterocycles. The molecule has 23 heavy (non-hydrogen) atoms. The van der Waals surface area contributed by atoms with Gasteiger partial charge in [0.15, 0.2) is 0 Å². The Hall–Kier alpha value is -1.45. The standard InChI is InChI=1S/C13H9Cl2N3O3S2/c14-8-3-4-9(15)11(6-8)23(19,20)16-7-12-17-13(18-21-12)10-2-1-5-22-10/h1-6,16H,7H2. The number of sulfonamides is 1. The fourth-order valence-corrected chi connectivity index (χ4v) is 4.13. The zero-order chi connectivity index (χ0) is 16.4. The van der Waals surface area contributed by atoms with Gasteiger partial charge in [-0.15, -0.1) is 11.3 Å². The van der Waals surface area contributed by atoms with Gasteiger partial charge in [0.2, 0.25) is 21.7 Å². The van der Waals surface area contributed by atoms with E-state index in [-0.39, 0.29) is 27.4 Å². The first-order valence-corrected chi connectivity index (χ1v) is 9.39. The van der Waals surface area contributed by atoms with Crippen LogP contribution in [0.2, 0.25) is 10.0 Å². The predicted molar refractivity (Wildman–Crippen MR) is 88.1 cm³/mol. The van der Waals surface area contributed by atoms with E-state index in [2.05, 4.69) is 14.9 Å². The van der Waals surface area contributed by atoms with Crippen LogP contribution in [-0.4, -0.2) is 18.6 Å². The van der Waals surface area contributed by atoms with Gasteiger partial charge in [-0.2, -0.15) is 4.98 Å². The minimum Gasteiger partial charge on any atom is -0.337 e. The van der Waals surface area contributed by atoms with Crippen LogP contribution in [0.15, 0.2) is 45.1 Å². The van der Waals surface area contributed by atoms with E-state index in [9.17, 15) is 8.42 Å². The van der Waals surface area contributed by atoms with Gasteiger partial charge in [-0.25, -0.2) is 13.1 Å². The van der Waals surface area contributed by atoms with E-state index in [1.54, 1.807) is 0 Å². The molecule has 6 nitrogen and oxygen atoms in total. The lowest BCUT2D eigenvalue weighted by Crippen LogP contribution is -2.23. The third-order valence-corrected chi connectivity index (χ3v) is 5.79. The molecule has 0 aliphatic carbocycles. The van der Waals surface area contributed by atoms with E-state index in [1.165, 1.54) is 29.5 Å². The van der Waals surface area contributed by atoms with Crippen LogP contribution in [-0.2, 0) is 16.6 Å². The maximum absolute atomic E-state index is 12.3. The molecule has 1 aromatic carbocycles. The molecule has 10 heteroatoms. The molecule has 3 rings (SSSR count). The summed E-state index contributed by atoms with van der Waals surface area (Å²) in [6.07, 6.45) is 0. The van der Waals surface area contributed by atoms with Crippen molar-refractivity contribution in [2.75, 3.05) is 0 Å². The van der Waals surface area contributed by atoms with Crippen LogP contribution in [0.4, 0.5) is 0 Å². The summed E-state index contributed by atoms with van der Waals surface area (Å²) in [4.78, 5) is 4.86. The summed E-state index contributed by atoms with van der Waals surface area (Å²) in [5, 5.41) is 6.04. The SMILES string of the molecule is O=S(=O)(NCc1nc(-c2cccs2)no1)c1cc(Cl)ccc1Cl. The number of hydrogen-bond donors (Lipinski definition) is 1. The fraction of sp³-hybridized carbons (Fsp3) is 0.0769. The van der Waals surface area contributed by atoms with Gasteiger partial charge < -0.3 is 4.52 Å². The number of thiophene rings is 1. The Bertz CT molecular complexity index is 924. The molecule has 0 bridgehead atoms. The van der Waals surface area contributed by atoms with Crippen LogP contribution in [0.3, 0.4) is 0 Å². The molecule has 0 spiro atoms. The van der Waals surface area contributed by atoms with E-state index >= 15 is 0 Å². The Labute approximate surface area is 146 Å². The molecule has 0 unspecified atom stereocenters. The average Bonchev–Trinajstić information content (AvgIpc) is 3.18. The molecule has 1 N–H and O–H groups in total. The van der Waals surface area contributed by atoms with Crippen LogP contribution in [0, 0.1) is 0 Å². The van der Waals surface area contributed by atoms with E-state index in [1.807, 2.05) is 17.5 Å². The first kappa shape index (κ1) is 16.4. The molecule has 0 aliphatic rings. The van der Waals surface area contributed by atoms with Crippen molar-refractivity contribution >= 4 is 44.6 Å². The summed E-state index contributed by atoms with van der Waals surface area (Å²) in [7, 11) is -3.85. The topological polar surface area (TPSA) is 85.1 Å². The Balaban J connectivity index is 1.76. The van der Waals surface area contributed by atoms with E-state index in [0.717, 1.165) is 4.88 Å². The van der Waals surface area contributed by atoms with E-state index in [4.69, 9.17) is 27.7 Å². The van der Waals surface area contributed by atoms with E-state index < -0.39 is 10.0 Å². The van der Waals surface area contributed by atoms with Crippen LogP contribution in [0.1, 0.15) is 5.89 Å². The van der Waals surface area contributed by atoms with Crippen molar-refractivity contribution in [3.8, 4) is 10.7 Å².